The molecule has 164 valence electrons. The van der Waals surface area contributed by atoms with Gasteiger partial charge >= 0.3 is 6.18 Å². The van der Waals surface area contributed by atoms with Gasteiger partial charge in [-0.3, -0.25) is 14.8 Å². The lowest BCUT2D eigenvalue weighted by molar-refractivity contribution is -0.137. The number of aromatic nitrogens is 5. The summed E-state index contributed by atoms with van der Waals surface area (Å²) in [6.07, 6.45) is -0.315. The number of alkyl halides is 3. The molecule has 1 aliphatic rings. The number of primary amides is 1. The molecular weight excluding hydrogens is 413 g/mol. The van der Waals surface area contributed by atoms with Gasteiger partial charge in [0.05, 0.1) is 5.56 Å². The number of hydrogen-bond donors (Lipinski definition) is 3. The number of anilines is 1. The molecular formula is C19H21F3N8O. The molecule has 1 aliphatic heterocycles. The average Bonchev–Trinajstić information content (AvgIpc) is 3.37. The Labute approximate surface area is 175 Å². The molecule has 1 saturated heterocycles. The number of imidazole rings is 1. The molecule has 4 heterocycles. The predicted octanol–water partition coefficient (Wildman–Crippen LogP) is 2.02. The summed E-state index contributed by atoms with van der Waals surface area (Å²) >= 11 is 0. The van der Waals surface area contributed by atoms with Gasteiger partial charge in [0, 0.05) is 56.4 Å². The zero-order valence-electron chi connectivity index (χ0n) is 16.6. The standard InChI is InChI=1S/C19H21F3N8O/c1-11-9-29(4-5-30(11)15-3-2-13(7-24-15)19(20,21)22)10-12-6-26-28-16(12)18-25-8-14(27-18)17(23)31/h2-3,6-8,11H,4-5,9-10H2,1H3,(H2,23,31)(H,25,27)(H,26,28). The monoisotopic (exact) mass is 434 g/mol. The Morgan fingerprint density at radius 2 is 2.10 bits per heavy atom. The minimum absolute atomic E-state index is 0.0541. The van der Waals surface area contributed by atoms with Crippen molar-refractivity contribution in [2.24, 2.45) is 5.73 Å². The van der Waals surface area contributed by atoms with Crippen LogP contribution in [0.5, 0.6) is 0 Å². The van der Waals surface area contributed by atoms with Crippen LogP contribution in [0.25, 0.3) is 11.5 Å². The van der Waals surface area contributed by atoms with Crippen LogP contribution in [0.3, 0.4) is 0 Å². The van der Waals surface area contributed by atoms with Crippen molar-refractivity contribution in [3.63, 3.8) is 0 Å². The van der Waals surface area contributed by atoms with E-state index in [9.17, 15) is 18.0 Å². The molecule has 0 bridgehead atoms. The van der Waals surface area contributed by atoms with Crippen molar-refractivity contribution in [3.05, 3.63) is 47.5 Å². The number of aromatic amines is 2. The van der Waals surface area contributed by atoms with Crippen LogP contribution in [0, 0.1) is 0 Å². The van der Waals surface area contributed by atoms with Gasteiger partial charge in [-0.25, -0.2) is 9.97 Å². The quantitative estimate of drug-likeness (QED) is 0.565. The zero-order valence-corrected chi connectivity index (χ0v) is 16.6. The van der Waals surface area contributed by atoms with Gasteiger partial charge in [0.2, 0.25) is 0 Å². The van der Waals surface area contributed by atoms with E-state index in [1.54, 1.807) is 6.20 Å². The van der Waals surface area contributed by atoms with Crippen molar-refractivity contribution in [3.8, 4) is 11.5 Å². The van der Waals surface area contributed by atoms with Gasteiger partial charge in [0.15, 0.2) is 5.82 Å². The fourth-order valence-electron chi connectivity index (χ4n) is 3.69. The summed E-state index contributed by atoms with van der Waals surface area (Å²) in [6.45, 7) is 4.62. The van der Waals surface area contributed by atoms with Gasteiger partial charge in [-0.15, -0.1) is 0 Å². The van der Waals surface area contributed by atoms with Crippen molar-refractivity contribution >= 4 is 11.7 Å². The normalized spacial score (nSPS) is 17.8. The largest absolute Gasteiger partial charge is 0.417 e. The minimum atomic E-state index is -4.40. The lowest BCUT2D eigenvalue weighted by Crippen LogP contribution is -2.51. The van der Waals surface area contributed by atoms with E-state index in [0.717, 1.165) is 17.8 Å². The molecule has 1 atom stereocenters. The van der Waals surface area contributed by atoms with E-state index in [-0.39, 0.29) is 11.7 Å². The highest BCUT2D eigenvalue weighted by Gasteiger charge is 2.32. The Morgan fingerprint density at radius 3 is 2.71 bits per heavy atom. The fraction of sp³-hybridized carbons (Fsp3) is 0.368. The second-order valence-corrected chi connectivity index (χ2v) is 7.44. The van der Waals surface area contributed by atoms with Crippen LogP contribution in [0.1, 0.15) is 28.5 Å². The van der Waals surface area contributed by atoms with E-state index >= 15 is 0 Å². The zero-order chi connectivity index (χ0) is 22.2. The summed E-state index contributed by atoms with van der Waals surface area (Å²) in [6, 6.07) is 2.53. The summed E-state index contributed by atoms with van der Waals surface area (Å²) in [5.74, 6) is 0.353. The molecule has 0 aromatic carbocycles. The van der Waals surface area contributed by atoms with E-state index in [0.29, 0.717) is 43.5 Å². The summed E-state index contributed by atoms with van der Waals surface area (Å²) in [5.41, 5.74) is 6.13. The summed E-state index contributed by atoms with van der Waals surface area (Å²) < 4.78 is 38.3. The third-order valence-corrected chi connectivity index (χ3v) is 5.25. The molecule has 0 radical (unpaired) electrons. The second kappa shape index (κ2) is 8.02. The Bertz CT molecular complexity index is 1060. The number of piperazine rings is 1. The topological polar surface area (TPSA) is 120 Å². The Hall–Kier alpha value is -3.41. The van der Waals surface area contributed by atoms with Gasteiger partial charge in [0.25, 0.3) is 5.91 Å². The first-order chi connectivity index (χ1) is 14.7. The number of pyridine rings is 1. The van der Waals surface area contributed by atoms with Crippen molar-refractivity contribution in [1.82, 2.24) is 30.0 Å². The maximum absolute atomic E-state index is 12.8. The SMILES string of the molecule is CC1CN(Cc2c[nH]nc2-c2nc(C(N)=O)c[nH]2)CCN1c1ccc(C(F)(F)F)cn1. The van der Waals surface area contributed by atoms with E-state index < -0.39 is 17.6 Å². The van der Waals surface area contributed by atoms with Gasteiger partial charge < -0.3 is 15.6 Å². The first kappa shape index (κ1) is 20.8. The van der Waals surface area contributed by atoms with Crippen LogP contribution in [-0.4, -0.2) is 61.6 Å². The molecule has 1 fully saturated rings. The molecule has 0 saturated carbocycles. The number of hydrogen-bond acceptors (Lipinski definition) is 6. The summed E-state index contributed by atoms with van der Waals surface area (Å²) in [7, 11) is 0. The van der Waals surface area contributed by atoms with Crippen LogP contribution in [-0.2, 0) is 12.7 Å². The van der Waals surface area contributed by atoms with E-state index in [1.165, 1.54) is 12.3 Å². The number of nitrogens with zero attached hydrogens (tertiary/aromatic N) is 5. The summed E-state index contributed by atoms with van der Waals surface area (Å²) in [4.78, 5) is 26.6. The highest BCUT2D eigenvalue weighted by Crippen LogP contribution is 2.30. The predicted molar refractivity (Wildman–Crippen MR) is 106 cm³/mol. The molecule has 3 aromatic rings. The maximum atomic E-state index is 12.8. The number of nitrogens with two attached hydrogens (primary N) is 1. The van der Waals surface area contributed by atoms with Gasteiger partial charge in [-0.05, 0) is 19.1 Å². The molecule has 0 aliphatic carbocycles. The number of rotatable bonds is 5. The van der Waals surface area contributed by atoms with Crippen LogP contribution in [0.4, 0.5) is 19.0 Å². The highest BCUT2D eigenvalue weighted by molar-refractivity contribution is 5.91. The van der Waals surface area contributed by atoms with Crippen LogP contribution < -0.4 is 10.6 Å². The molecule has 1 amide bonds. The van der Waals surface area contributed by atoms with Gasteiger partial charge in [-0.1, -0.05) is 0 Å². The third kappa shape index (κ3) is 4.38. The van der Waals surface area contributed by atoms with Gasteiger partial charge in [0.1, 0.15) is 17.2 Å². The van der Waals surface area contributed by atoms with E-state index in [2.05, 4.69) is 30.0 Å². The third-order valence-electron chi connectivity index (χ3n) is 5.25. The first-order valence-corrected chi connectivity index (χ1v) is 9.63. The lowest BCUT2D eigenvalue weighted by Gasteiger charge is -2.40. The van der Waals surface area contributed by atoms with Crippen molar-refractivity contribution < 1.29 is 18.0 Å². The van der Waals surface area contributed by atoms with Crippen molar-refractivity contribution in [2.45, 2.75) is 25.7 Å². The number of halogens is 3. The molecule has 4 rings (SSSR count). The Kier molecular flexibility index (Phi) is 5.39. The molecule has 4 N–H and O–H groups in total. The van der Waals surface area contributed by atoms with Crippen LogP contribution in [0.15, 0.2) is 30.7 Å². The number of carbonyl (C=O) groups is 1. The van der Waals surface area contributed by atoms with Crippen molar-refractivity contribution in [1.29, 1.82) is 0 Å². The Balaban J connectivity index is 1.42. The van der Waals surface area contributed by atoms with E-state index in [1.807, 2.05) is 11.8 Å². The average molecular weight is 434 g/mol. The number of H-pyrrole nitrogens is 2. The number of amides is 1. The molecule has 0 spiro atoms. The minimum Gasteiger partial charge on any atom is -0.364 e. The van der Waals surface area contributed by atoms with Crippen LogP contribution in [0.2, 0.25) is 0 Å². The van der Waals surface area contributed by atoms with Crippen LogP contribution >= 0.6 is 0 Å². The van der Waals surface area contributed by atoms with Crippen molar-refractivity contribution in [2.75, 3.05) is 24.5 Å². The molecule has 9 nitrogen and oxygen atoms in total. The second-order valence-electron chi connectivity index (χ2n) is 7.44. The smallest absolute Gasteiger partial charge is 0.364 e. The maximum Gasteiger partial charge on any atom is 0.417 e. The number of nitrogens with one attached hydrogen (secondary N) is 2. The first-order valence-electron chi connectivity index (χ1n) is 9.63. The molecule has 1 unspecified atom stereocenters. The highest BCUT2D eigenvalue weighted by atomic mass is 19.4. The molecule has 12 heteroatoms. The summed E-state index contributed by atoms with van der Waals surface area (Å²) in [5, 5.41) is 7.05. The fourth-order valence-corrected chi connectivity index (χ4v) is 3.69. The molecule has 3 aromatic heterocycles. The lowest BCUT2D eigenvalue weighted by atomic mass is 10.1. The van der Waals surface area contributed by atoms with E-state index in [4.69, 9.17) is 5.73 Å². The Morgan fingerprint density at radius 1 is 1.29 bits per heavy atom. The molecule has 31 heavy (non-hydrogen) atoms. The van der Waals surface area contributed by atoms with Gasteiger partial charge in [-0.2, -0.15) is 18.3 Å². The number of carbonyl (C=O) groups excluding carboxylic acids is 1.